The monoisotopic (exact) mass is 330 g/mol. The molecule has 3 aliphatic rings. The number of benzene rings is 1. The molecule has 24 heavy (non-hydrogen) atoms. The van der Waals surface area contributed by atoms with Crippen molar-refractivity contribution in [1.29, 1.82) is 0 Å². The van der Waals surface area contributed by atoms with Crippen molar-refractivity contribution in [1.82, 2.24) is 0 Å². The van der Waals surface area contributed by atoms with Gasteiger partial charge in [0, 0.05) is 6.07 Å². The van der Waals surface area contributed by atoms with Crippen LogP contribution in [0.1, 0.15) is 6.92 Å². The summed E-state index contributed by atoms with van der Waals surface area (Å²) in [5.41, 5.74) is -2.62. The molecule has 8 nitrogen and oxygen atoms in total. The lowest BCUT2D eigenvalue weighted by atomic mass is 9.73. The number of amides is 2. The predicted octanol–water partition coefficient (Wildman–Crippen LogP) is 0.790. The van der Waals surface area contributed by atoms with Gasteiger partial charge in [0.2, 0.25) is 11.8 Å². The molecule has 3 aliphatic heterocycles. The van der Waals surface area contributed by atoms with E-state index in [0.29, 0.717) is 0 Å². The first-order chi connectivity index (χ1) is 11.3. The fourth-order valence-electron chi connectivity index (χ4n) is 4.09. The van der Waals surface area contributed by atoms with Gasteiger partial charge in [-0.05, 0) is 13.0 Å². The molecule has 3 heterocycles. The van der Waals surface area contributed by atoms with Gasteiger partial charge in [-0.1, -0.05) is 24.3 Å². The summed E-state index contributed by atoms with van der Waals surface area (Å²) in [4.78, 5) is 37.3. The number of fused-ring (bicyclic) bond motifs is 5. The number of rotatable bonds is 3. The van der Waals surface area contributed by atoms with Crippen LogP contribution >= 0.6 is 0 Å². The van der Waals surface area contributed by atoms with E-state index in [0.717, 1.165) is 4.90 Å². The maximum atomic E-state index is 12.9. The van der Waals surface area contributed by atoms with Gasteiger partial charge in [0.25, 0.3) is 5.69 Å². The normalized spacial score (nSPS) is 36.5. The Labute approximate surface area is 136 Å². The first kappa shape index (κ1) is 15.0. The number of imide groups is 1. The van der Waals surface area contributed by atoms with Gasteiger partial charge in [-0.25, -0.2) is 4.90 Å². The topological polar surface area (TPSA) is 110 Å². The third-order valence-corrected chi connectivity index (χ3v) is 5.12. The minimum Gasteiger partial charge on any atom is -0.393 e. The van der Waals surface area contributed by atoms with Gasteiger partial charge in [-0.3, -0.25) is 19.7 Å². The number of nitro groups is 1. The second-order valence-electron chi connectivity index (χ2n) is 6.45. The van der Waals surface area contributed by atoms with E-state index in [-0.39, 0.29) is 11.4 Å². The number of nitro benzene ring substituents is 1. The summed E-state index contributed by atoms with van der Waals surface area (Å²) in [5, 5.41) is 21.0. The smallest absolute Gasteiger partial charge is 0.293 e. The number of aliphatic hydroxyl groups is 1. The molecule has 8 heteroatoms. The molecular formula is C16H14N2O6. The average Bonchev–Trinajstić information content (AvgIpc) is 3.13. The summed E-state index contributed by atoms with van der Waals surface area (Å²) in [6, 6.07) is 5.62. The maximum Gasteiger partial charge on any atom is 0.293 e. The van der Waals surface area contributed by atoms with Gasteiger partial charge in [0.1, 0.15) is 11.3 Å². The largest absolute Gasteiger partial charge is 0.393 e. The van der Waals surface area contributed by atoms with E-state index < -0.39 is 46.4 Å². The lowest BCUT2D eigenvalue weighted by Gasteiger charge is -2.26. The number of anilines is 1. The molecule has 0 aromatic heterocycles. The Morgan fingerprint density at radius 2 is 1.92 bits per heavy atom. The van der Waals surface area contributed by atoms with Gasteiger partial charge in [-0.2, -0.15) is 0 Å². The van der Waals surface area contributed by atoms with Crippen molar-refractivity contribution in [2.45, 2.75) is 18.1 Å². The second-order valence-corrected chi connectivity index (χ2v) is 6.45. The Kier molecular flexibility index (Phi) is 2.80. The van der Waals surface area contributed by atoms with Crippen molar-refractivity contribution in [3.05, 3.63) is 46.5 Å². The summed E-state index contributed by atoms with van der Waals surface area (Å²) >= 11 is 0. The van der Waals surface area contributed by atoms with Gasteiger partial charge in [-0.15, -0.1) is 0 Å². The van der Waals surface area contributed by atoms with Gasteiger partial charge < -0.3 is 9.84 Å². The number of ether oxygens (including phenoxy) is 1. The molecule has 1 aromatic rings. The Morgan fingerprint density at radius 3 is 2.58 bits per heavy atom. The quantitative estimate of drug-likeness (QED) is 0.380. The van der Waals surface area contributed by atoms with Crippen LogP contribution in [0.3, 0.4) is 0 Å². The Hall–Kier alpha value is -2.58. The highest BCUT2D eigenvalue weighted by molar-refractivity contribution is 6.24. The van der Waals surface area contributed by atoms with Crippen LogP contribution in [0.4, 0.5) is 11.4 Å². The Morgan fingerprint density at radius 1 is 1.25 bits per heavy atom. The van der Waals surface area contributed by atoms with Crippen LogP contribution in [0.5, 0.6) is 0 Å². The number of carbonyl (C=O) groups excluding carboxylic acids is 2. The molecule has 1 N–H and O–H groups in total. The summed E-state index contributed by atoms with van der Waals surface area (Å²) < 4.78 is 5.80. The van der Waals surface area contributed by atoms with Crippen molar-refractivity contribution in [2.24, 2.45) is 11.8 Å². The third-order valence-electron chi connectivity index (χ3n) is 5.12. The number of hydrogen-bond acceptors (Lipinski definition) is 6. The van der Waals surface area contributed by atoms with E-state index in [1.807, 2.05) is 0 Å². The molecule has 2 bridgehead atoms. The molecule has 1 aromatic carbocycles. The van der Waals surface area contributed by atoms with Crippen LogP contribution in [0, 0.1) is 22.0 Å². The van der Waals surface area contributed by atoms with E-state index in [4.69, 9.17) is 4.74 Å². The van der Waals surface area contributed by atoms with Crippen LogP contribution in [0.15, 0.2) is 36.4 Å². The standard InChI is InChI=1S/C16H14N2O6/c1-15-6-7-16(8-19,24-15)12-11(15)13(20)17(14(12)21)9-4-2-3-5-10(9)18(22)23/h2-7,11-12,19H,8H2,1H3/t11-,12-,15+,16+/m1/s1. The minimum absolute atomic E-state index is 0.0528. The fraction of sp³-hybridized carbons (Fsp3) is 0.375. The molecule has 0 unspecified atom stereocenters. The highest BCUT2D eigenvalue weighted by atomic mass is 16.6. The lowest BCUT2D eigenvalue weighted by Crippen LogP contribution is -2.43. The van der Waals surface area contributed by atoms with Crippen LogP contribution in [0.2, 0.25) is 0 Å². The van der Waals surface area contributed by atoms with E-state index in [1.165, 1.54) is 24.3 Å². The lowest BCUT2D eigenvalue weighted by molar-refractivity contribution is -0.384. The van der Waals surface area contributed by atoms with Crippen LogP contribution in [-0.2, 0) is 14.3 Å². The molecule has 0 saturated carbocycles. The highest BCUT2D eigenvalue weighted by Crippen LogP contribution is 2.57. The third kappa shape index (κ3) is 1.59. The molecule has 2 saturated heterocycles. The SMILES string of the molecule is C[C@@]12C=C[C@@](CO)(O1)[C@H]1C(=O)N(c3ccccc3[N+](=O)[O-])C(=O)[C@@H]12. The van der Waals surface area contributed by atoms with Crippen LogP contribution < -0.4 is 4.90 Å². The molecule has 2 amide bonds. The molecule has 0 spiro atoms. The molecule has 124 valence electrons. The molecule has 2 fully saturated rings. The summed E-state index contributed by atoms with van der Waals surface area (Å²) in [6.45, 7) is 1.24. The van der Waals surface area contributed by atoms with Crippen LogP contribution in [-0.4, -0.2) is 39.7 Å². The molecule has 4 atom stereocenters. The second kappa shape index (κ2) is 4.49. The summed E-state index contributed by atoms with van der Waals surface area (Å²) in [5.74, 6) is -2.81. The zero-order valence-corrected chi connectivity index (χ0v) is 12.7. The number of para-hydroxylation sites is 2. The number of aliphatic hydroxyl groups excluding tert-OH is 1. The van der Waals surface area contributed by atoms with Gasteiger partial charge >= 0.3 is 0 Å². The molecule has 4 rings (SSSR count). The average molecular weight is 330 g/mol. The van der Waals surface area contributed by atoms with E-state index in [2.05, 4.69) is 0 Å². The number of hydrogen-bond donors (Lipinski definition) is 1. The van der Waals surface area contributed by atoms with Gasteiger partial charge in [0.05, 0.1) is 29.0 Å². The zero-order valence-electron chi connectivity index (χ0n) is 12.7. The Bertz CT molecular complexity index is 821. The first-order valence-corrected chi connectivity index (χ1v) is 7.47. The first-order valence-electron chi connectivity index (χ1n) is 7.47. The van der Waals surface area contributed by atoms with Crippen molar-refractivity contribution < 1.29 is 24.4 Å². The minimum atomic E-state index is -1.25. The van der Waals surface area contributed by atoms with Crippen molar-refractivity contribution in [2.75, 3.05) is 11.5 Å². The summed E-state index contributed by atoms with van der Waals surface area (Å²) in [7, 11) is 0. The number of nitrogens with zero attached hydrogens (tertiary/aromatic N) is 2. The van der Waals surface area contributed by atoms with Crippen molar-refractivity contribution >= 4 is 23.2 Å². The van der Waals surface area contributed by atoms with Crippen LogP contribution in [0.25, 0.3) is 0 Å². The van der Waals surface area contributed by atoms with Crippen molar-refractivity contribution in [3.63, 3.8) is 0 Å². The molecular weight excluding hydrogens is 316 g/mol. The van der Waals surface area contributed by atoms with E-state index in [1.54, 1.807) is 19.1 Å². The summed E-state index contributed by atoms with van der Waals surface area (Å²) in [6.07, 6.45) is 3.29. The van der Waals surface area contributed by atoms with Gasteiger partial charge in [0.15, 0.2) is 0 Å². The molecule has 0 radical (unpaired) electrons. The predicted molar refractivity (Wildman–Crippen MR) is 81.0 cm³/mol. The highest BCUT2D eigenvalue weighted by Gasteiger charge is 2.72. The maximum absolute atomic E-state index is 12.9. The number of carbonyl (C=O) groups is 2. The van der Waals surface area contributed by atoms with Crippen molar-refractivity contribution in [3.8, 4) is 0 Å². The Balaban J connectivity index is 1.85. The van der Waals surface area contributed by atoms with E-state index in [9.17, 15) is 24.8 Å². The van der Waals surface area contributed by atoms with E-state index >= 15 is 0 Å². The molecule has 0 aliphatic carbocycles. The fourth-order valence-corrected chi connectivity index (χ4v) is 4.09. The zero-order chi connectivity index (χ0) is 17.3.